The number of nitrogens with zero attached hydrogens (tertiary/aromatic N) is 1. The van der Waals surface area contributed by atoms with Gasteiger partial charge >= 0.3 is 0 Å². The Balaban J connectivity index is 2.29. The average molecular weight is 259 g/mol. The van der Waals surface area contributed by atoms with Gasteiger partial charge in [0.25, 0.3) is 6.02 Å². The van der Waals surface area contributed by atoms with Crippen LogP contribution < -0.4 is 5.73 Å². The van der Waals surface area contributed by atoms with Crippen molar-refractivity contribution in [3.63, 3.8) is 0 Å². The smallest absolute Gasteiger partial charge is 0.282 e. The van der Waals surface area contributed by atoms with E-state index in [1.54, 1.807) is 12.1 Å². The number of hydrogen-bond donors (Lipinski definition) is 1. The van der Waals surface area contributed by atoms with Crippen molar-refractivity contribution in [3.8, 4) is 0 Å². The molecule has 0 fully saturated rings. The average Bonchev–Trinajstić information content (AvgIpc) is 2.57. The zero-order chi connectivity index (χ0) is 10.1. The molecular formula is C9H8BrFN2O. The van der Waals surface area contributed by atoms with E-state index in [1.807, 2.05) is 0 Å². The summed E-state index contributed by atoms with van der Waals surface area (Å²) in [7, 11) is 0. The van der Waals surface area contributed by atoms with Gasteiger partial charge in [-0.25, -0.2) is 9.38 Å². The van der Waals surface area contributed by atoms with Crippen molar-refractivity contribution in [1.29, 1.82) is 0 Å². The molecule has 0 aromatic heterocycles. The van der Waals surface area contributed by atoms with Crippen molar-refractivity contribution in [2.45, 2.75) is 6.04 Å². The lowest BCUT2D eigenvalue weighted by atomic mass is 10.1. The minimum absolute atomic E-state index is 0.119. The number of benzene rings is 1. The van der Waals surface area contributed by atoms with Crippen molar-refractivity contribution >= 4 is 22.0 Å². The molecule has 1 aliphatic heterocycles. The molecule has 14 heavy (non-hydrogen) atoms. The normalized spacial score (nSPS) is 20.4. The molecule has 0 radical (unpaired) electrons. The van der Waals surface area contributed by atoms with Gasteiger partial charge in [0, 0.05) is 0 Å². The predicted octanol–water partition coefficient (Wildman–Crippen LogP) is 1.97. The zero-order valence-electron chi connectivity index (χ0n) is 7.21. The quantitative estimate of drug-likeness (QED) is 0.838. The number of ether oxygens (including phenoxy) is 1. The molecule has 0 amide bonds. The van der Waals surface area contributed by atoms with E-state index in [0.29, 0.717) is 11.1 Å². The summed E-state index contributed by atoms with van der Waals surface area (Å²) in [6, 6.07) is 4.83. The number of amidine groups is 1. The summed E-state index contributed by atoms with van der Waals surface area (Å²) in [5, 5.41) is 0. The van der Waals surface area contributed by atoms with E-state index >= 15 is 0 Å². The lowest BCUT2D eigenvalue weighted by molar-refractivity contribution is 0.315. The van der Waals surface area contributed by atoms with Crippen LogP contribution in [0.3, 0.4) is 0 Å². The summed E-state index contributed by atoms with van der Waals surface area (Å²) in [4.78, 5) is 4.06. The minimum atomic E-state index is -0.287. The fourth-order valence-corrected chi connectivity index (χ4v) is 1.68. The van der Waals surface area contributed by atoms with E-state index in [-0.39, 0.29) is 17.9 Å². The topological polar surface area (TPSA) is 47.6 Å². The molecule has 0 spiro atoms. The van der Waals surface area contributed by atoms with E-state index in [9.17, 15) is 4.39 Å². The molecule has 0 saturated carbocycles. The monoisotopic (exact) mass is 258 g/mol. The second-order valence-electron chi connectivity index (χ2n) is 2.97. The van der Waals surface area contributed by atoms with Crippen LogP contribution in [0.15, 0.2) is 27.7 Å². The largest absolute Gasteiger partial charge is 0.463 e. The molecule has 74 valence electrons. The van der Waals surface area contributed by atoms with E-state index in [0.717, 1.165) is 5.56 Å². The predicted molar refractivity (Wildman–Crippen MR) is 54.4 cm³/mol. The first kappa shape index (κ1) is 9.45. The number of halogens is 2. The third kappa shape index (κ3) is 1.72. The maximum absolute atomic E-state index is 12.9. The second-order valence-corrected chi connectivity index (χ2v) is 3.82. The molecule has 2 rings (SSSR count). The Labute approximate surface area is 88.9 Å². The molecule has 0 bridgehead atoms. The second kappa shape index (κ2) is 3.57. The van der Waals surface area contributed by atoms with Crippen LogP contribution >= 0.6 is 15.9 Å². The highest BCUT2D eigenvalue weighted by molar-refractivity contribution is 9.10. The highest BCUT2D eigenvalue weighted by atomic mass is 79.9. The SMILES string of the molecule is NC1=NC(c2ccc(F)c(Br)c2)CO1. The fourth-order valence-electron chi connectivity index (χ4n) is 1.28. The lowest BCUT2D eigenvalue weighted by Gasteiger charge is -2.05. The Kier molecular flexibility index (Phi) is 2.41. The number of nitrogens with two attached hydrogens (primary N) is 1. The molecule has 0 aliphatic carbocycles. The van der Waals surface area contributed by atoms with Crippen LogP contribution in [-0.4, -0.2) is 12.6 Å². The zero-order valence-corrected chi connectivity index (χ0v) is 8.79. The first-order valence-electron chi connectivity index (χ1n) is 4.08. The van der Waals surface area contributed by atoms with Gasteiger partial charge in [-0.2, -0.15) is 0 Å². The van der Waals surface area contributed by atoms with Crippen LogP contribution in [0, 0.1) is 5.82 Å². The van der Waals surface area contributed by atoms with Crippen LogP contribution in [0.4, 0.5) is 4.39 Å². The maximum atomic E-state index is 12.9. The Morgan fingerprint density at radius 1 is 1.57 bits per heavy atom. The first-order valence-corrected chi connectivity index (χ1v) is 4.87. The molecule has 1 unspecified atom stereocenters. The van der Waals surface area contributed by atoms with Crippen LogP contribution in [0.25, 0.3) is 0 Å². The molecular weight excluding hydrogens is 251 g/mol. The van der Waals surface area contributed by atoms with Crippen molar-refractivity contribution in [2.75, 3.05) is 6.61 Å². The third-order valence-electron chi connectivity index (χ3n) is 2.00. The summed E-state index contributed by atoms with van der Waals surface area (Å²) < 4.78 is 18.4. The molecule has 1 aromatic rings. The van der Waals surface area contributed by atoms with Gasteiger partial charge in [-0.1, -0.05) is 6.07 Å². The van der Waals surface area contributed by atoms with Crippen molar-refractivity contribution in [3.05, 3.63) is 34.1 Å². The van der Waals surface area contributed by atoms with Gasteiger partial charge in [-0.3, -0.25) is 0 Å². The van der Waals surface area contributed by atoms with Crippen LogP contribution in [0.1, 0.15) is 11.6 Å². The summed E-state index contributed by atoms with van der Waals surface area (Å²) in [5.74, 6) is -0.287. The van der Waals surface area contributed by atoms with Gasteiger partial charge < -0.3 is 10.5 Å². The molecule has 1 atom stereocenters. The third-order valence-corrected chi connectivity index (χ3v) is 2.61. The molecule has 5 heteroatoms. The van der Waals surface area contributed by atoms with E-state index in [4.69, 9.17) is 10.5 Å². The molecule has 2 N–H and O–H groups in total. The van der Waals surface area contributed by atoms with Crippen molar-refractivity contribution in [2.24, 2.45) is 10.7 Å². The van der Waals surface area contributed by atoms with E-state index < -0.39 is 0 Å². The minimum Gasteiger partial charge on any atom is -0.463 e. The Morgan fingerprint density at radius 2 is 2.36 bits per heavy atom. The maximum Gasteiger partial charge on any atom is 0.282 e. The van der Waals surface area contributed by atoms with Gasteiger partial charge in [-0.05, 0) is 33.6 Å². The lowest BCUT2D eigenvalue weighted by Crippen LogP contribution is -2.10. The van der Waals surface area contributed by atoms with Crippen molar-refractivity contribution in [1.82, 2.24) is 0 Å². The van der Waals surface area contributed by atoms with Gasteiger partial charge in [0.1, 0.15) is 18.5 Å². The van der Waals surface area contributed by atoms with Crippen molar-refractivity contribution < 1.29 is 9.13 Å². The number of aliphatic imine (C=N–C) groups is 1. The molecule has 1 aliphatic rings. The van der Waals surface area contributed by atoms with Crippen LogP contribution in [0.5, 0.6) is 0 Å². The van der Waals surface area contributed by atoms with Gasteiger partial charge in [0.2, 0.25) is 0 Å². The summed E-state index contributed by atoms with van der Waals surface area (Å²) >= 11 is 3.11. The molecule has 0 saturated heterocycles. The standard InChI is InChI=1S/C9H8BrFN2O/c10-6-3-5(1-2-7(6)11)8-4-14-9(12)13-8/h1-3,8H,4H2,(H2,12,13). The van der Waals surface area contributed by atoms with E-state index in [2.05, 4.69) is 20.9 Å². The summed E-state index contributed by atoms with van der Waals surface area (Å²) in [5.41, 5.74) is 6.26. The van der Waals surface area contributed by atoms with Gasteiger partial charge in [-0.15, -0.1) is 0 Å². The summed E-state index contributed by atoms with van der Waals surface area (Å²) in [6.45, 7) is 0.421. The van der Waals surface area contributed by atoms with E-state index in [1.165, 1.54) is 6.07 Å². The molecule has 1 aromatic carbocycles. The fraction of sp³-hybridized carbons (Fsp3) is 0.222. The van der Waals surface area contributed by atoms with Crippen LogP contribution in [-0.2, 0) is 4.74 Å². The van der Waals surface area contributed by atoms with Gasteiger partial charge in [0.05, 0.1) is 4.47 Å². The highest BCUT2D eigenvalue weighted by Crippen LogP contribution is 2.26. The Morgan fingerprint density at radius 3 is 2.93 bits per heavy atom. The van der Waals surface area contributed by atoms with Gasteiger partial charge in [0.15, 0.2) is 0 Å². The molecule has 3 nitrogen and oxygen atoms in total. The first-order chi connectivity index (χ1) is 6.66. The highest BCUT2D eigenvalue weighted by Gasteiger charge is 2.19. The molecule has 1 heterocycles. The number of hydrogen-bond acceptors (Lipinski definition) is 3. The summed E-state index contributed by atoms with van der Waals surface area (Å²) in [6.07, 6.45) is 0. The Hall–Kier alpha value is -1.10. The Bertz CT molecular complexity index is 394. The van der Waals surface area contributed by atoms with Crippen LogP contribution in [0.2, 0.25) is 0 Å². The number of rotatable bonds is 1.